The maximum absolute atomic E-state index is 13.0. The Morgan fingerprint density at radius 3 is 2.81 bits per heavy atom. The van der Waals surface area contributed by atoms with E-state index < -0.39 is 5.82 Å². The van der Waals surface area contributed by atoms with Crippen LogP contribution in [0.1, 0.15) is 38.7 Å². The average molecular weight is 225 g/mol. The van der Waals surface area contributed by atoms with Crippen LogP contribution in [0.2, 0.25) is 0 Å². The van der Waals surface area contributed by atoms with Gasteiger partial charge in [-0.05, 0) is 31.0 Å². The molecule has 0 aliphatic carbocycles. The molecule has 0 radical (unpaired) electrons. The Balaban J connectivity index is 2.39. The van der Waals surface area contributed by atoms with Crippen LogP contribution in [-0.2, 0) is 6.54 Å². The quantitative estimate of drug-likeness (QED) is 0.779. The fourth-order valence-electron chi connectivity index (χ4n) is 1.56. The molecule has 0 aliphatic heterocycles. The molecular weight excluding hydrogens is 205 g/mol. The van der Waals surface area contributed by atoms with E-state index in [9.17, 15) is 4.39 Å². The molecular formula is C13H20FNO. The summed E-state index contributed by atoms with van der Waals surface area (Å²) >= 11 is 0. The number of benzene rings is 1. The number of rotatable bonds is 6. The standard InChI is InChI=1S/C13H20FNO/c1-3-4-5-10(2)15-9-11-6-7-13(16)12(14)8-11/h6-8,10,15-16H,3-5,9H2,1-2H3. The van der Waals surface area contributed by atoms with E-state index in [2.05, 4.69) is 19.2 Å². The van der Waals surface area contributed by atoms with Gasteiger partial charge in [-0.25, -0.2) is 4.39 Å². The lowest BCUT2D eigenvalue weighted by atomic mass is 10.1. The molecule has 1 aromatic rings. The molecule has 0 spiro atoms. The summed E-state index contributed by atoms with van der Waals surface area (Å²) in [5.41, 5.74) is 0.860. The highest BCUT2D eigenvalue weighted by molar-refractivity contribution is 5.27. The van der Waals surface area contributed by atoms with Gasteiger partial charge < -0.3 is 10.4 Å². The zero-order valence-electron chi connectivity index (χ0n) is 9.96. The van der Waals surface area contributed by atoms with Gasteiger partial charge in [-0.15, -0.1) is 0 Å². The van der Waals surface area contributed by atoms with Crippen molar-refractivity contribution >= 4 is 0 Å². The van der Waals surface area contributed by atoms with E-state index in [-0.39, 0.29) is 5.75 Å². The number of hydrogen-bond acceptors (Lipinski definition) is 2. The third-order valence-corrected chi connectivity index (χ3v) is 2.66. The molecule has 0 fully saturated rings. The topological polar surface area (TPSA) is 32.3 Å². The van der Waals surface area contributed by atoms with Crippen molar-refractivity contribution in [3.05, 3.63) is 29.6 Å². The van der Waals surface area contributed by atoms with Crippen molar-refractivity contribution in [3.63, 3.8) is 0 Å². The van der Waals surface area contributed by atoms with Gasteiger partial charge in [-0.1, -0.05) is 25.8 Å². The first-order chi connectivity index (χ1) is 7.63. The number of halogens is 1. The molecule has 3 heteroatoms. The van der Waals surface area contributed by atoms with E-state index in [4.69, 9.17) is 5.11 Å². The van der Waals surface area contributed by atoms with Crippen LogP contribution >= 0.6 is 0 Å². The Morgan fingerprint density at radius 2 is 2.19 bits per heavy atom. The zero-order valence-corrected chi connectivity index (χ0v) is 9.96. The predicted octanol–water partition coefficient (Wildman–Crippen LogP) is 3.20. The van der Waals surface area contributed by atoms with E-state index in [1.165, 1.54) is 25.0 Å². The third-order valence-electron chi connectivity index (χ3n) is 2.66. The minimum absolute atomic E-state index is 0.289. The van der Waals surface area contributed by atoms with Crippen molar-refractivity contribution in [2.45, 2.75) is 45.7 Å². The van der Waals surface area contributed by atoms with Gasteiger partial charge >= 0.3 is 0 Å². The summed E-state index contributed by atoms with van der Waals surface area (Å²) in [4.78, 5) is 0. The van der Waals surface area contributed by atoms with E-state index >= 15 is 0 Å². The summed E-state index contributed by atoms with van der Waals surface area (Å²) in [7, 11) is 0. The zero-order chi connectivity index (χ0) is 12.0. The number of phenolic OH excluding ortho intramolecular Hbond substituents is 1. The molecule has 0 heterocycles. The average Bonchev–Trinajstić information content (AvgIpc) is 2.28. The van der Waals surface area contributed by atoms with Crippen LogP contribution < -0.4 is 5.32 Å². The van der Waals surface area contributed by atoms with Crippen LogP contribution in [-0.4, -0.2) is 11.1 Å². The van der Waals surface area contributed by atoms with Crippen molar-refractivity contribution in [2.75, 3.05) is 0 Å². The van der Waals surface area contributed by atoms with Gasteiger partial charge in [0.25, 0.3) is 0 Å². The molecule has 0 amide bonds. The van der Waals surface area contributed by atoms with Gasteiger partial charge in [-0.3, -0.25) is 0 Å². The van der Waals surface area contributed by atoms with Crippen LogP contribution in [0.4, 0.5) is 4.39 Å². The SMILES string of the molecule is CCCCC(C)NCc1ccc(O)c(F)c1. The second-order valence-electron chi connectivity index (χ2n) is 4.21. The largest absolute Gasteiger partial charge is 0.505 e. The normalized spacial score (nSPS) is 12.7. The maximum atomic E-state index is 13.0. The molecule has 0 aromatic heterocycles. The predicted molar refractivity (Wildman–Crippen MR) is 63.9 cm³/mol. The molecule has 2 nitrogen and oxygen atoms in total. The van der Waals surface area contributed by atoms with Gasteiger partial charge in [-0.2, -0.15) is 0 Å². The van der Waals surface area contributed by atoms with Crippen LogP contribution in [0, 0.1) is 5.82 Å². The second kappa shape index (κ2) is 6.48. The fourth-order valence-corrected chi connectivity index (χ4v) is 1.56. The molecule has 0 bridgehead atoms. The highest BCUT2D eigenvalue weighted by Crippen LogP contribution is 2.16. The molecule has 1 rings (SSSR count). The molecule has 0 saturated heterocycles. The van der Waals surface area contributed by atoms with Gasteiger partial charge in [0, 0.05) is 12.6 Å². The summed E-state index contributed by atoms with van der Waals surface area (Å²) in [5, 5.41) is 12.4. The molecule has 0 saturated carbocycles. The van der Waals surface area contributed by atoms with Crippen LogP contribution in [0.5, 0.6) is 5.75 Å². The lowest BCUT2D eigenvalue weighted by molar-refractivity contribution is 0.430. The van der Waals surface area contributed by atoms with Crippen molar-refractivity contribution in [1.82, 2.24) is 5.32 Å². The highest BCUT2D eigenvalue weighted by atomic mass is 19.1. The second-order valence-corrected chi connectivity index (χ2v) is 4.21. The van der Waals surface area contributed by atoms with Crippen LogP contribution in [0.3, 0.4) is 0 Å². The number of hydrogen-bond donors (Lipinski definition) is 2. The summed E-state index contributed by atoms with van der Waals surface area (Å²) < 4.78 is 13.0. The summed E-state index contributed by atoms with van der Waals surface area (Å²) in [6.07, 6.45) is 3.54. The van der Waals surface area contributed by atoms with Crippen LogP contribution in [0.25, 0.3) is 0 Å². The Bertz CT molecular complexity index is 328. The molecule has 16 heavy (non-hydrogen) atoms. The summed E-state index contributed by atoms with van der Waals surface area (Å²) in [5.74, 6) is -0.844. The van der Waals surface area contributed by atoms with E-state index in [1.54, 1.807) is 6.07 Å². The van der Waals surface area contributed by atoms with Gasteiger partial charge in [0.2, 0.25) is 0 Å². The molecule has 1 aromatic carbocycles. The number of unbranched alkanes of at least 4 members (excludes halogenated alkanes) is 1. The fraction of sp³-hybridized carbons (Fsp3) is 0.538. The summed E-state index contributed by atoms with van der Waals surface area (Å²) in [6, 6.07) is 4.94. The maximum Gasteiger partial charge on any atom is 0.165 e. The first-order valence-corrected chi connectivity index (χ1v) is 5.84. The van der Waals surface area contributed by atoms with Crippen LogP contribution in [0.15, 0.2) is 18.2 Å². The van der Waals surface area contributed by atoms with Gasteiger partial charge in [0.15, 0.2) is 11.6 Å². The Morgan fingerprint density at radius 1 is 1.44 bits per heavy atom. The van der Waals surface area contributed by atoms with Crippen molar-refractivity contribution in [3.8, 4) is 5.75 Å². The number of aromatic hydroxyl groups is 1. The van der Waals surface area contributed by atoms with Crippen molar-refractivity contribution in [2.24, 2.45) is 0 Å². The molecule has 1 atom stereocenters. The third kappa shape index (κ3) is 4.19. The first kappa shape index (κ1) is 13.0. The molecule has 2 N–H and O–H groups in total. The number of phenols is 1. The minimum Gasteiger partial charge on any atom is -0.505 e. The smallest absolute Gasteiger partial charge is 0.165 e. The summed E-state index contributed by atoms with van der Waals surface area (Å²) in [6.45, 7) is 4.94. The van der Waals surface area contributed by atoms with E-state index in [1.807, 2.05) is 0 Å². The minimum atomic E-state index is -0.555. The lowest BCUT2D eigenvalue weighted by Crippen LogP contribution is -2.25. The Kier molecular flexibility index (Phi) is 5.26. The van der Waals surface area contributed by atoms with Gasteiger partial charge in [0.05, 0.1) is 0 Å². The Labute approximate surface area is 96.5 Å². The van der Waals surface area contributed by atoms with Gasteiger partial charge in [0.1, 0.15) is 0 Å². The molecule has 90 valence electrons. The van der Waals surface area contributed by atoms with Crippen molar-refractivity contribution in [1.29, 1.82) is 0 Å². The molecule has 1 unspecified atom stereocenters. The van der Waals surface area contributed by atoms with Crippen molar-refractivity contribution < 1.29 is 9.50 Å². The monoisotopic (exact) mass is 225 g/mol. The number of nitrogens with one attached hydrogen (secondary N) is 1. The lowest BCUT2D eigenvalue weighted by Gasteiger charge is -2.13. The van der Waals surface area contributed by atoms with E-state index in [0.717, 1.165) is 12.0 Å². The first-order valence-electron chi connectivity index (χ1n) is 5.84. The highest BCUT2D eigenvalue weighted by Gasteiger charge is 2.03. The van der Waals surface area contributed by atoms with E-state index in [0.29, 0.717) is 12.6 Å². The molecule has 0 aliphatic rings. The Hall–Kier alpha value is -1.09.